The largest absolute Gasteiger partial charge is 0.497 e. The summed E-state index contributed by atoms with van der Waals surface area (Å²) in [5.74, 6) is 2.42. The SMILES string of the molecule is COc1ccc(CNC(=O)[C@H]2CCCN(Cc3nc(-c4cccc(C)c4)oc3C)C2)cc1. The number of ether oxygens (including phenoxy) is 1. The molecule has 1 amide bonds. The van der Waals surface area contributed by atoms with Crippen molar-refractivity contribution in [2.24, 2.45) is 5.92 Å². The summed E-state index contributed by atoms with van der Waals surface area (Å²) in [5.41, 5.74) is 4.18. The zero-order valence-electron chi connectivity index (χ0n) is 19.1. The summed E-state index contributed by atoms with van der Waals surface area (Å²) >= 11 is 0. The molecule has 1 aromatic heterocycles. The summed E-state index contributed by atoms with van der Waals surface area (Å²) in [6.45, 7) is 6.96. The average molecular weight is 434 g/mol. The van der Waals surface area contributed by atoms with Gasteiger partial charge in [-0.05, 0) is 63.1 Å². The van der Waals surface area contributed by atoms with Crippen LogP contribution in [0.5, 0.6) is 5.75 Å². The van der Waals surface area contributed by atoms with Gasteiger partial charge < -0.3 is 14.5 Å². The Morgan fingerprint density at radius 2 is 2.03 bits per heavy atom. The highest BCUT2D eigenvalue weighted by molar-refractivity contribution is 5.79. The Hall–Kier alpha value is -3.12. The first-order valence-electron chi connectivity index (χ1n) is 11.2. The number of benzene rings is 2. The number of aromatic nitrogens is 1. The fourth-order valence-corrected chi connectivity index (χ4v) is 4.18. The standard InChI is InChI=1S/C26H31N3O3/c1-18-6-4-7-21(14-18)26-28-24(19(2)32-26)17-29-13-5-8-22(16-29)25(30)27-15-20-9-11-23(31-3)12-10-20/h4,6-7,9-12,14,22H,5,8,13,15-17H2,1-3H3,(H,27,30)/t22-/m0/s1. The molecule has 32 heavy (non-hydrogen) atoms. The van der Waals surface area contributed by atoms with E-state index >= 15 is 0 Å². The number of hydrogen-bond acceptors (Lipinski definition) is 5. The second-order valence-electron chi connectivity index (χ2n) is 8.53. The first-order valence-corrected chi connectivity index (χ1v) is 11.2. The molecule has 1 aliphatic rings. The number of nitrogens with one attached hydrogen (secondary N) is 1. The van der Waals surface area contributed by atoms with Crippen LogP contribution in [0.15, 0.2) is 52.9 Å². The summed E-state index contributed by atoms with van der Waals surface area (Å²) in [4.78, 5) is 19.9. The minimum absolute atomic E-state index is 0.00884. The molecule has 6 nitrogen and oxygen atoms in total. The maximum Gasteiger partial charge on any atom is 0.226 e. The summed E-state index contributed by atoms with van der Waals surface area (Å²) in [6.07, 6.45) is 1.92. The molecule has 6 heteroatoms. The van der Waals surface area contributed by atoms with Crippen LogP contribution in [0.1, 0.15) is 35.4 Å². The van der Waals surface area contributed by atoms with E-state index in [0.717, 1.165) is 54.3 Å². The van der Waals surface area contributed by atoms with Crippen molar-refractivity contribution in [1.82, 2.24) is 15.2 Å². The lowest BCUT2D eigenvalue weighted by Crippen LogP contribution is -2.42. The second-order valence-corrected chi connectivity index (χ2v) is 8.53. The van der Waals surface area contributed by atoms with Gasteiger partial charge in [-0.25, -0.2) is 4.98 Å². The van der Waals surface area contributed by atoms with Gasteiger partial charge in [0.1, 0.15) is 11.5 Å². The molecule has 3 aromatic rings. The molecule has 0 unspecified atom stereocenters. The van der Waals surface area contributed by atoms with Gasteiger partial charge >= 0.3 is 0 Å². The number of hydrogen-bond donors (Lipinski definition) is 1. The van der Waals surface area contributed by atoms with E-state index in [1.54, 1.807) is 7.11 Å². The summed E-state index contributed by atoms with van der Waals surface area (Å²) in [6, 6.07) is 16.0. The Balaban J connectivity index is 1.34. The number of rotatable bonds is 7. The van der Waals surface area contributed by atoms with E-state index in [9.17, 15) is 4.79 Å². The molecular formula is C26H31N3O3. The number of likely N-dealkylation sites (tertiary alicyclic amines) is 1. The van der Waals surface area contributed by atoms with Crippen molar-refractivity contribution >= 4 is 5.91 Å². The summed E-state index contributed by atoms with van der Waals surface area (Å²) in [7, 11) is 1.65. The molecule has 2 heterocycles. The molecule has 2 aromatic carbocycles. The normalized spacial score (nSPS) is 16.7. The van der Waals surface area contributed by atoms with Crippen molar-refractivity contribution in [2.75, 3.05) is 20.2 Å². The van der Waals surface area contributed by atoms with Gasteiger partial charge in [-0.2, -0.15) is 0 Å². The molecule has 0 radical (unpaired) electrons. The van der Waals surface area contributed by atoms with Crippen molar-refractivity contribution in [1.29, 1.82) is 0 Å². The molecule has 1 atom stereocenters. The van der Waals surface area contributed by atoms with E-state index in [0.29, 0.717) is 19.0 Å². The van der Waals surface area contributed by atoms with Crippen LogP contribution >= 0.6 is 0 Å². The highest BCUT2D eigenvalue weighted by Crippen LogP contribution is 2.25. The Labute approximate surface area is 189 Å². The van der Waals surface area contributed by atoms with Gasteiger partial charge in [-0.3, -0.25) is 9.69 Å². The minimum Gasteiger partial charge on any atom is -0.497 e. The number of methoxy groups -OCH3 is 1. The fraction of sp³-hybridized carbons (Fsp3) is 0.385. The third-order valence-corrected chi connectivity index (χ3v) is 6.03. The van der Waals surface area contributed by atoms with Crippen LogP contribution < -0.4 is 10.1 Å². The molecule has 4 rings (SSSR count). The maximum absolute atomic E-state index is 12.8. The number of nitrogens with zero attached hydrogens (tertiary/aromatic N) is 2. The topological polar surface area (TPSA) is 67.6 Å². The van der Waals surface area contributed by atoms with Crippen LogP contribution in [0.3, 0.4) is 0 Å². The Bertz CT molecular complexity index is 1060. The average Bonchev–Trinajstić information content (AvgIpc) is 3.18. The van der Waals surface area contributed by atoms with E-state index < -0.39 is 0 Å². The van der Waals surface area contributed by atoms with Crippen molar-refractivity contribution in [3.05, 3.63) is 71.1 Å². The van der Waals surface area contributed by atoms with Gasteiger partial charge in [0.2, 0.25) is 11.8 Å². The zero-order chi connectivity index (χ0) is 22.5. The van der Waals surface area contributed by atoms with Gasteiger partial charge in [-0.1, -0.05) is 29.8 Å². The van der Waals surface area contributed by atoms with Crippen LogP contribution in [0, 0.1) is 19.8 Å². The van der Waals surface area contributed by atoms with Crippen molar-refractivity contribution in [3.63, 3.8) is 0 Å². The van der Waals surface area contributed by atoms with Crippen molar-refractivity contribution in [3.8, 4) is 17.2 Å². The lowest BCUT2D eigenvalue weighted by atomic mass is 9.97. The molecular weight excluding hydrogens is 402 g/mol. The molecule has 1 fully saturated rings. The minimum atomic E-state index is -0.00884. The van der Waals surface area contributed by atoms with E-state index in [1.165, 1.54) is 5.56 Å². The van der Waals surface area contributed by atoms with E-state index in [2.05, 4.69) is 29.3 Å². The van der Waals surface area contributed by atoms with Gasteiger partial charge in [-0.15, -0.1) is 0 Å². The third kappa shape index (κ3) is 5.37. The third-order valence-electron chi connectivity index (χ3n) is 6.03. The van der Waals surface area contributed by atoms with Gasteiger partial charge in [0.15, 0.2) is 0 Å². The number of piperidine rings is 1. The van der Waals surface area contributed by atoms with E-state index in [4.69, 9.17) is 14.1 Å². The number of aryl methyl sites for hydroxylation is 2. The Kier molecular flexibility index (Phi) is 6.90. The van der Waals surface area contributed by atoms with E-state index in [-0.39, 0.29) is 11.8 Å². The number of amides is 1. The summed E-state index contributed by atoms with van der Waals surface area (Å²) in [5, 5.41) is 3.09. The monoisotopic (exact) mass is 433 g/mol. The summed E-state index contributed by atoms with van der Waals surface area (Å²) < 4.78 is 11.1. The smallest absolute Gasteiger partial charge is 0.226 e. The van der Waals surface area contributed by atoms with Crippen molar-refractivity contribution < 1.29 is 13.9 Å². The first kappa shape index (κ1) is 22.1. The van der Waals surface area contributed by atoms with Crippen LogP contribution in [-0.2, 0) is 17.9 Å². The molecule has 1 aliphatic heterocycles. The highest BCUT2D eigenvalue weighted by Gasteiger charge is 2.27. The van der Waals surface area contributed by atoms with Crippen LogP contribution in [0.25, 0.3) is 11.5 Å². The van der Waals surface area contributed by atoms with E-state index in [1.807, 2.05) is 43.3 Å². The number of oxazole rings is 1. The highest BCUT2D eigenvalue weighted by atomic mass is 16.5. The predicted octanol–water partition coefficient (Wildman–Crippen LogP) is 4.50. The maximum atomic E-state index is 12.8. The van der Waals surface area contributed by atoms with Crippen LogP contribution in [-0.4, -0.2) is 36.0 Å². The number of carbonyl (C=O) groups is 1. The predicted molar refractivity (Wildman–Crippen MR) is 124 cm³/mol. The molecule has 0 spiro atoms. The fourth-order valence-electron chi connectivity index (χ4n) is 4.18. The molecule has 168 valence electrons. The molecule has 0 aliphatic carbocycles. The molecule has 1 N–H and O–H groups in total. The lowest BCUT2D eigenvalue weighted by Gasteiger charge is -2.31. The number of carbonyl (C=O) groups excluding carboxylic acids is 1. The Morgan fingerprint density at radius 1 is 1.22 bits per heavy atom. The molecule has 1 saturated heterocycles. The van der Waals surface area contributed by atoms with Crippen molar-refractivity contribution in [2.45, 2.75) is 39.8 Å². The van der Waals surface area contributed by atoms with Crippen LogP contribution in [0.4, 0.5) is 0 Å². The lowest BCUT2D eigenvalue weighted by molar-refractivity contribution is -0.127. The first-order chi connectivity index (χ1) is 15.5. The zero-order valence-corrected chi connectivity index (χ0v) is 19.1. The molecule has 0 bridgehead atoms. The Morgan fingerprint density at radius 3 is 2.78 bits per heavy atom. The second kappa shape index (κ2) is 10.0. The van der Waals surface area contributed by atoms with Gasteiger partial charge in [0.05, 0.1) is 18.7 Å². The van der Waals surface area contributed by atoms with Gasteiger partial charge in [0.25, 0.3) is 0 Å². The van der Waals surface area contributed by atoms with Crippen LogP contribution in [0.2, 0.25) is 0 Å². The quantitative estimate of drug-likeness (QED) is 0.594. The van der Waals surface area contributed by atoms with Gasteiger partial charge in [0, 0.05) is 25.2 Å². The molecule has 0 saturated carbocycles.